The van der Waals surface area contributed by atoms with Crippen molar-refractivity contribution in [1.29, 1.82) is 0 Å². The Balaban J connectivity index is 2.15. The van der Waals surface area contributed by atoms with Gasteiger partial charge < -0.3 is 9.47 Å². The zero-order valence-corrected chi connectivity index (χ0v) is 16.7. The van der Waals surface area contributed by atoms with Crippen molar-refractivity contribution in [3.8, 4) is 5.75 Å². The summed E-state index contributed by atoms with van der Waals surface area (Å²) >= 11 is 0. The number of carbonyl (C=O) groups excluding carboxylic acids is 2. The number of nitrogens with zero attached hydrogens (tertiary/aromatic N) is 2. The molecule has 0 saturated carbocycles. The first-order valence-electron chi connectivity index (χ1n) is 9.21. The molecule has 8 nitrogen and oxygen atoms in total. The molecule has 0 bridgehead atoms. The number of para-hydroxylation sites is 1. The van der Waals surface area contributed by atoms with E-state index in [4.69, 9.17) is 9.47 Å². The lowest BCUT2D eigenvalue weighted by Crippen LogP contribution is -2.24. The topological polar surface area (TPSA) is 99.0 Å². The molecule has 3 rings (SSSR count). The molecule has 1 heterocycles. The normalized spacial score (nSPS) is 15.0. The van der Waals surface area contributed by atoms with Crippen LogP contribution in [-0.2, 0) is 14.3 Å². The fraction of sp³-hybridized carbons (Fsp3) is 0.182. The van der Waals surface area contributed by atoms with Gasteiger partial charge in [-0.1, -0.05) is 12.1 Å². The van der Waals surface area contributed by atoms with Crippen LogP contribution in [0, 0.1) is 10.1 Å². The van der Waals surface area contributed by atoms with E-state index < -0.39 is 16.8 Å². The zero-order chi connectivity index (χ0) is 21.8. The SMILES string of the molecule is CCOC(=O)C1=C(C)N(c2ccc(OC)cc2)C(=O)/C1=C\c1ccccc1[N+](=O)[O-]. The van der Waals surface area contributed by atoms with E-state index in [2.05, 4.69) is 0 Å². The first kappa shape index (κ1) is 20.8. The Labute approximate surface area is 173 Å². The standard InChI is InChI=1S/C22H20N2O6/c1-4-30-22(26)20-14(2)23(16-9-11-17(29-3)12-10-16)21(25)18(20)13-15-7-5-6-8-19(15)24(27)28/h5-13H,4H2,1-3H3/b18-13-. The second-order valence-electron chi connectivity index (χ2n) is 6.39. The maximum absolute atomic E-state index is 13.3. The molecule has 0 spiro atoms. The van der Waals surface area contributed by atoms with Crippen LogP contribution in [0.3, 0.4) is 0 Å². The van der Waals surface area contributed by atoms with E-state index in [1.807, 2.05) is 0 Å². The van der Waals surface area contributed by atoms with Crippen molar-refractivity contribution < 1.29 is 24.0 Å². The summed E-state index contributed by atoms with van der Waals surface area (Å²) in [5.74, 6) is -0.517. The third-order valence-corrected chi connectivity index (χ3v) is 4.64. The van der Waals surface area contributed by atoms with Crippen molar-refractivity contribution in [3.05, 3.63) is 81.1 Å². The number of anilines is 1. The van der Waals surface area contributed by atoms with Crippen LogP contribution in [0.5, 0.6) is 5.75 Å². The van der Waals surface area contributed by atoms with Gasteiger partial charge in [-0.3, -0.25) is 19.8 Å². The second kappa shape index (κ2) is 8.60. The Morgan fingerprint density at radius 1 is 1.17 bits per heavy atom. The molecule has 0 saturated heterocycles. The summed E-state index contributed by atoms with van der Waals surface area (Å²) in [6.07, 6.45) is 1.36. The molecule has 0 aliphatic carbocycles. The van der Waals surface area contributed by atoms with Gasteiger partial charge in [-0.05, 0) is 50.3 Å². The summed E-state index contributed by atoms with van der Waals surface area (Å²) in [5, 5.41) is 11.4. The largest absolute Gasteiger partial charge is 0.497 e. The van der Waals surface area contributed by atoms with E-state index >= 15 is 0 Å². The summed E-state index contributed by atoms with van der Waals surface area (Å²) < 4.78 is 10.3. The average molecular weight is 408 g/mol. The lowest BCUT2D eigenvalue weighted by atomic mass is 10.0. The quantitative estimate of drug-likeness (QED) is 0.311. The van der Waals surface area contributed by atoms with E-state index in [1.165, 1.54) is 36.3 Å². The molecule has 0 N–H and O–H groups in total. The molecule has 1 amide bonds. The third-order valence-electron chi connectivity index (χ3n) is 4.64. The number of amides is 1. The summed E-state index contributed by atoms with van der Waals surface area (Å²) in [4.78, 5) is 38.1. The lowest BCUT2D eigenvalue weighted by Gasteiger charge is -2.18. The van der Waals surface area contributed by atoms with E-state index in [0.29, 0.717) is 17.1 Å². The van der Waals surface area contributed by atoms with Crippen LogP contribution >= 0.6 is 0 Å². The molecule has 30 heavy (non-hydrogen) atoms. The number of nitro benzene ring substituents is 1. The van der Waals surface area contributed by atoms with Gasteiger partial charge in [-0.15, -0.1) is 0 Å². The highest BCUT2D eigenvalue weighted by Gasteiger charge is 2.38. The Morgan fingerprint density at radius 3 is 2.43 bits per heavy atom. The van der Waals surface area contributed by atoms with Gasteiger partial charge >= 0.3 is 5.97 Å². The van der Waals surface area contributed by atoms with Gasteiger partial charge in [-0.2, -0.15) is 0 Å². The van der Waals surface area contributed by atoms with Gasteiger partial charge in [0.15, 0.2) is 0 Å². The molecule has 0 radical (unpaired) electrons. The maximum Gasteiger partial charge on any atom is 0.340 e. The van der Waals surface area contributed by atoms with Crippen molar-refractivity contribution in [2.24, 2.45) is 0 Å². The number of methoxy groups -OCH3 is 1. The summed E-state index contributed by atoms with van der Waals surface area (Å²) in [6, 6.07) is 12.8. The van der Waals surface area contributed by atoms with E-state index in [0.717, 1.165) is 0 Å². The van der Waals surface area contributed by atoms with Crippen molar-refractivity contribution in [3.63, 3.8) is 0 Å². The number of nitro groups is 1. The minimum atomic E-state index is -0.663. The van der Waals surface area contributed by atoms with Gasteiger partial charge in [0.05, 0.1) is 35.3 Å². The number of carbonyl (C=O) groups is 2. The van der Waals surface area contributed by atoms with E-state index in [1.54, 1.807) is 44.2 Å². The van der Waals surface area contributed by atoms with Crippen LogP contribution < -0.4 is 9.64 Å². The molecule has 154 valence electrons. The first-order chi connectivity index (χ1) is 14.4. The summed E-state index contributed by atoms with van der Waals surface area (Å²) in [7, 11) is 1.54. The average Bonchev–Trinajstić information content (AvgIpc) is 2.98. The van der Waals surface area contributed by atoms with Crippen molar-refractivity contribution in [2.75, 3.05) is 18.6 Å². The highest BCUT2D eigenvalue weighted by atomic mass is 16.6. The minimum absolute atomic E-state index is 0.0380. The second-order valence-corrected chi connectivity index (χ2v) is 6.39. The highest BCUT2D eigenvalue weighted by Crippen LogP contribution is 2.37. The van der Waals surface area contributed by atoms with Gasteiger partial charge in [0.1, 0.15) is 5.75 Å². The van der Waals surface area contributed by atoms with Crippen molar-refractivity contribution in [2.45, 2.75) is 13.8 Å². The molecule has 0 aromatic heterocycles. The van der Waals surface area contributed by atoms with Crippen LogP contribution in [0.2, 0.25) is 0 Å². The molecular formula is C22H20N2O6. The van der Waals surface area contributed by atoms with Crippen LogP contribution in [0.1, 0.15) is 19.4 Å². The summed E-state index contributed by atoms with van der Waals surface area (Å²) in [6.45, 7) is 3.43. The number of ether oxygens (including phenoxy) is 2. The summed E-state index contributed by atoms with van der Waals surface area (Å²) in [5.41, 5.74) is 1.09. The lowest BCUT2D eigenvalue weighted by molar-refractivity contribution is -0.385. The van der Waals surface area contributed by atoms with Crippen LogP contribution in [0.4, 0.5) is 11.4 Å². The van der Waals surface area contributed by atoms with Gasteiger partial charge in [0.25, 0.3) is 11.6 Å². The van der Waals surface area contributed by atoms with Crippen molar-refractivity contribution >= 4 is 29.3 Å². The third kappa shape index (κ3) is 3.80. The van der Waals surface area contributed by atoms with Crippen LogP contribution in [0.25, 0.3) is 6.08 Å². The number of esters is 1. The molecule has 1 aliphatic rings. The van der Waals surface area contributed by atoms with Crippen LogP contribution in [-0.4, -0.2) is 30.5 Å². The molecule has 2 aromatic rings. The van der Waals surface area contributed by atoms with Gasteiger partial charge in [-0.25, -0.2) is 4.79 Å². The number of rotatable bonds is 6. The molecule has 0 unspecified atom stereocenters. The molecule has 8 heteroatoms. The van der Waals surface area contributed by atoms with Crippen molar-refractivity contribution in [1.82, 2.24) is 0 Å². The minimum Gasteiger partial charge on any atom is -0.497 e. The number of allylic oxidation sites excluding steroid dienone is 1. The zero-order valence-electron chi connectivity index (χ0n) is 16.7. The van der Waals surface area contributed by atoms with Crippen LogP contribution in [0.15, 0.2) is 65.4 Å². The van der Waals surface area contributed by atoms with E-state index in [-0.39, 0.29) is 29.0 Å². The Hall–Kier alpha value is -3.94. The first-order valence-corrected chi connectivity index (χ1v) is 9.21. The van der Waals surface area contributed by atoms with E-state index in [9.17, 15) is 19.7 Å². The molecule has 0 fully saturated rings. The monoisotopic (exact) mass is 408 g/mol. The molecule has 2 aromatic carbocycles. The fourth-order valence-electron chi connectivity index (χ4n) is 3.25. The predicted molar refractivity (Wildman–Crippen MR) is 111 cm³/mol. The number of hydrogen-bond donors (Lipinski definition) is 0. The highest BCUT2D eigenvalue weighted by molar-refractivity contribution is 6.24. The predicted octanol–water partition coefficient (Wildman–Crippen LogP) is 3.87. The number of benzene rings is 2. The number of hydrogen-bond acceptors (Lipinski definition) is 6. The smallest absolute Gasteiger partial charge is 0.340 e. The van der Waals surface area contributed by atoms with Gasteiger partial charge in [0, 0.05) is 17.5 Å². The molecular weight excluding hydrogens is 388 g/mol. The van der Waals surface area contributed by atoms with Gasteiger partial charge in [0.2, 0.25) is 0 Å². The molecule has 1 aliphatic heterocycles. The Kier molecular flexibility index (Phi) is 5.96. The maximum atomic E-state index is 13.3. The fourth-order valence-corrected chi connectivity index (χ4v) is 3.25. The molecule has 0 atom stereocenters. The Morgan fingerprint density at radius 2 is 1.83 bits per heavy atom. The Bertz CT molecular complexity index is 1070.